The zero-order chi connectivity index (χ0) is 22.4. The monoisotopic (exact) mass is 422 g/mol. The Morgan fingerprint density at radius 2 is 1.71 bits per heavy atom. The molecule has 0 aliphatic carbocycles. The molecule has 0 spiro atoms. The van der Waals surface area contributed by atoms with Gasteiger partial charge in [-0.2, -0.15) is 5.26 Å². The average molecular weight is 423 g/mol. The molecule has 1 aliphatic rings. The Balaban J connectivity index is 1.54. The third kappa shape index (κ3) is 5.54. The molecule has 1 N–H and O–H groups in total. The number of rotatable bonds is 7. The summed E-state index contributed by atoms with van der Waals surface area (Å²) in [6.45, 7) is 8.30. The first-order valence-electron chi connectivity index (χ1n) is 10.4. The number of anilines is 1. The van der Waals surface area contributed by atoms with E-state index in [4.69, 9.17) is 14.7 Å². The van der Waals surface area contributed by atoms with E-state index in [1.165, 1.54) is 11.1 Å². The summed E-state index contributed by atoms with van der Waals surface area (Å²) >= 11 is 0. The number of ether oxygens (including phenoxy) is 2. The Hall–Kier alpha value is -3.08. The lowest BCUT2D eigenvalue weighted by Crippen LogP contribution is -2.52. The van der Waals surface area contributed by atoms with Gasteiger partial charge in [0.05, 0.1) is 31.9 Å². The number of methoxy groups -OCH3 is 2. The van der Waals surface area contributed by atoms with E-state index in [0.29, 0.717) is 11.3 Å². The molecule has 1 atom stereocenters. The predicted molar refractivity (Wildman–Crippen MR) is 120 cm³/mol. The molecular weight excluding hydrogens is 392 g/mol. The SMILES string of the molecule is COc1cc(C)c(CN2CCN([C@H](C)C(=O)Nc3ccc(C#N)cc3)CC2)cc1OC. The lowest BCUT2D eigenvalue weighted by molar-refractivity contribution is -0.121. The van der Waals surface area contributed by atoms with Crippen LogP contribution in [0.4, 0.5) is 5.69 Å². The summed E-state index contributed by atoms with van der Waals surface area (Å²) in [5, 5.41) is 11.8. The lowest BCUT2D eigenvalue weighted by Gasteiger charge is -2.37. The van der Waals surface area contributed by atoms with Crippen molar-refractivity contribution in [3.63, 3.8) is 0 Å². The first kappa shape index (κ1) is 22.6. The molecule has 0 radical (unpaired) electrons. The van der Waals surface area contributed by atoms with E-state index in [1.807, 2.05) is 19.1 Å². The van der Waals surface area contributed by atoms with Crippen molar-refractivity contribution in [3.8, 4) is 17.6 Å². The molecule has 7 heteroatoms. The quantitative estimate of drug-likeness (QED) is 0.739. The van der Waals surface area contributed by atoms with Gasteiger partial charge < -0.3 is 14.8 Å². The topological polar surface area (TPSA) is 77.8 Å². The van der Waals surface area contributed by atoms with Gasteiger partial charge in [-0.15, -0.1) is 0 Å². The molecule has 0 saturated carbocycles. The van der Waals surface area contributed by atoms with E-state index in [9.17, 15) is 4.79 Å². The van der Waals surface area contributed by atoms with Gasteiger partial charge in [-0.05, 0) is 61.4 Å². The van der Waals surface area contributed by atoms with Crippen LogP contribution in [0, 0.1) is 18.3 Å². The highest BCUT2D eigenvalue weighted by Gasteiger charge is 2.26. The minimum atomic E-state index is -0.222. The van der Waals surface area contributed by atoms with E-state index in [2.05, 4.69) is 28.1 Å². The highest BCUT2D eigenvalue weighted by molar-refractivity contribution is 5.94. The fraction of sp³-hybridized carbons (Fsp3) is 0.417. The molecule has 1 saturated heterocycles. The molecule has 3 rings (SSSR count). The minimum Gasteiger partial charge on any atom is -0.493 e. The third-order valence-corrected chi connectivity index (χ3v) is 5.85. The second-order valence-corrected chi connectivity index (χ2v) is 7.80. The van der Waals surface area contributed by atoms with Crippen molar-refractivity contribution in [1.29, 1.82) is 5.26 Å². The average Bonchev–Trinajstić information content (AvgIpc) is 2.80. The fourth-order valence-corrected chi connectivity index (χ4v) is 3.78. The van der Waals surface area contributed by atoms with Crippen LogP contribution in [0.5, 0.6) is 11.5 Å². The van der Waals surface area contributed by atoms with Crippen molar-refractivity contribution in [2.24, 2.45) is 0 Å². The van der Waals surface area contributed by atoms with E-state index in [1.54, 1.807) is 38.5 Å². The van der Waals surface area contributed by atoms with Crippen LogP contribution in [0.3, 0.4) is 0 Å². The molecule has 2 aromatic carbocycles. The Bertz CT molecular complexity index is 945. The molecule has 0 unspecified atom stereocenters. The van der Waals surface area contributed by atoms with Gasteiger partial charge in [-0.1, -0.05) is 0 Å². The summed E-state index contributed by atoms with van der Waals surface area (Å²) in [5.74, 6) is 1.46. The van der Waals surface area contributed by atoms with Gasteiger partial charge in [0, 0.05) is 38.4 Å². The van der Waals surface area contributed by atoms with Gasteiger partial charge in [0.1, 0.15) is 0 Å². The van der Waals surface area contributed by atoms with Crippen LogP contribution < -0.4 is 14.8 Å². The normalized spacial score (nSPS) is 15.7. The number of nitrogens with zero attached hydrogens (tertiary/aromatic N) is 3. The smallest absolute Gasteiger partial charge is 0.241 e. The number of benzene rings is 2. The minimum absolute atomic E-state index is 0.0334. The second-order valence-electron chi connectivity index (χ2n) is 7.80. The summed E-state index contributed by atoms with van der Waals surface area (Å²) in [6, 6.07) is 12.8. The van der Waals surface area contributed by atoms with Crippen LogP contribution in [0.2, 0.25) is 0 Å². The molecule has 1 fully saturated rings. The molecule has 1 heterocycles. The molecule has 0 bridgehead atoms. The summed E-state index contributed by atoms with van der Waals surface area (Å²) < 4.78 is 10.8. The first-order chi connectivity index (χ1) is 14.9. The standard InChI is InChI=1S/C24H30N4O3/c1-17-13-22(30-3)23(31-4)14-20(17)16-27-9-11-28(12-10-27)18(2)24(29)26-21-7-5-19(15-25)6-8-21/h5-8,13-14,18H,9-12,16H2,1-4H3,(H,26,29)/t18-/m1/s1. The van der Waals surface area contributed by atoms with E-state index in [0.717, 1.165) is 44.2 Å². The number of piperazine rings is 1. The van der Waals surface area contributed by atoms with Gasteiger partial charge >= 0.3 is 0 Å². The van der Waals surface area contributed by atoms with Crippen molar-refractivity contribution in [2.45, 2.75) is 26.4 Å². The Morgan fingerprint density at radius 3 is 2.29 bits per heavy atom. The molecule has 0 aromatic heterocycles. The Labute approximate surface area is 184 Å². The van der Waals surface area contributed by atoms with Gasteiger partial charge in [0.2, 0.25) is 5.91 Å². The maximum atomic E-state index is 12.7. The van der Waals surface area contributed by atoms with Crippen LogP contribution >= 0.6 is 0 Å². The summed E-state index contributed by atoms with van der Waals surface area (Å²) in [4.78, 5) is 17.3. The fourth-order valence-electron chi connectivity index (χ4n) is 3.78. The van der Waals surface area contributed by atoms with Crippen LogP contribution in [-0.4, -0.2) is 62.1 Å². The van der Waals surface area contributed by atoms with Gasteiger partial charge in [-0.3, -0.25) is 14.6 Å². The van der Waals surface area contributed by atoms with Crippen LogP contribution in [0.15, 0.2) is 36.4 Å². The Kier molecular flexibility index (Phi) is 7.50. The highest BCUT2D eigenvalue weighted by atomic mass is 16.5. The third-order valence-electron chi connectivity index (χ3n) is 5.85. The van der Waals surface area contributed by atoms with E-state index in [-0.39, 0.29) is 11.9 Å². The largest absolute Gasteiger partial charge is 0.493 e. The number of carbonyl (C=O) groups is 1. The lowest BCUT2D eigenvalue weighted by atomic mass is 10.1. The van der Waals surface area contributed by atoms with Crippen molar-refractivity contribution in [2.75, 3.05) is 45.7 Å². The van der Waals surface area contributed by atoms with E-state index >= 15 is 0 Å². The molecule has 31 heavy (non-hydrogen) atoms. The van der Waals surface area contributed by atoms with Crippen molar-refractivity contribution >= 4 is 11.6 Å². The number of carbonyl (C=O) groups excluding carboxylic acids is 1. The number of aryl methyl sites for hydroxylation is 1. The maximum Gasteiger partial charge on any atom is 0.241 e. The van der Waals surface area contributed by atoms with Crippen LogP contribution in [-0.2, 0) is 11.3 Å². The van der Waals surface area contributed by atoms with Gasteiger partial charge in [0.15, 0.2) is 11.5 Å². The van der Waals surface area contributed by atoms with E-state index < -0.39 is 0 Å². The Morgan fingerprint density at radius 1 is 1.10 bits per heavy atom. The van der Waals surface area contributed by atoms with Gasteiger partial charge in [0.25, 0.3) is 0 Å². The van der Waals surface area contributed by atoms with Crippen LogP contribution in [0.1, 0.15) is 23.6 Å². The zero-order valence-electron chi connectivity index (χ0n) is 18.6. The van der Waals surface area contributed by atoms with Crippen molar-refractivity contribution < 1.29 is 14.3 Å². The molecule has 1 aliphatic heterocycles. The summed E-state index contributed by atoms with van der Waals surface area (Å²) in [5.41, 5.74) is 3.68. The first-order valence-corrected chi connectivity index (χ1v) is 10.4. The molecule has 1 amide bonds. The molecule has 7 nitrogen and oxygen atoms in total. The number of amides is 1. The number of nitrogens with one attached hydrogen (secondary N) is 1. The predicted octanol–water partition coefficient (Wildman–Crippen LogP) is 3.03. The summed E-state index contributed by atoms with van der Waals surface area (Å²) in [6.07, 6.45) is 0. The van der Waals surface area contributed by atoms with Crippen molar-refractivity contribution in [3.05, 3.63) is 53.1 Å². The molecule has 2 aromatic rings. The zero-order valence-corrected chi connectivity index (χ0v) is 18.6. The van der Waals surface area contributed by atoms with Gasteiger partial charge in [-0.25, -0.2) is 0 Å². The molecular formula is C24H30N4O3. The molecule has 164 valence electrons. The second kappa shape index (κ2) is 10.3. The number of hydrogen-bond donors (Lipinski definition) is 1. The number of nitriles is 1. The van der Waals surface area contributed by atoms with Crippen LogP contribution in [0.25, 0.3) is 0 Å². The number of hydrogen-bond acceptors (Lipinski definition) is 6. The maximum absolute atomic E-state index is 12.7. The highest BCUT2D eigenvalue weighted by Crippen LogP contribution is 2.31. The van der Waals surface area contributed by atoms with Crippen molar-refractivity contribution in [1.82, 2.24) is 9.80 Å². The summed E-state index contributed by atoms with van der Waals surface area (Å²) in [7, 11) is 3.30.